The summed E-state index contributed by atoms with van der Waals surface area (Å²) in [7, 11) is -3.54. The van der Waals surface area contributed by atoms with Gasteiger partial charge in [0.25, 0.3) is 0 Å². The van der Waals surface area contributed by atoms with Crippen LogP contribution in [0, 0.1) is 6.92 Å². The number of sulfonamides is 1. The highest BCUT2D eigenvalue weighted by Crippen LogP contribution is 2.23. The van der Waals surface area contributed by atoms with Crippen LogP contribution in [0.25, 0.3) is 0 Å². The van der Waals surface area contributed by atoms with E-state index in [1.165, 1.54) is 6.07 Å². The fraction of sp³-hybridized carbons (Fsp3) is 0.538. The Kier molecular flexibility index (Phi) is 4.13. The molecule has 1 aliphatic rings. The lowest BCUT2D eigenvalue weighted by atomic mass is 9.94. The summed E-state index contributed by atoms with van der Waals surface area (Å²) in [5, 5.41) is 9.43. The van der Waals surface area contributed by atoms with E-state index in [0.717, 1.165) is 0 Å². The number of rotatable bonds is 3. The molecule has 1 aromatic carbocycles. The van der Waals surface area contributed by atoms with E-state index in [9.17, 15) is 13.5 Å². The third-order valence-corrected chi connectivity index (χ3v) is 5.18. The Bertz CT molecular complexity index is 549. The molecule has 0 saturated heterocycles. The van der Waals surface area contributed by atoms with Gasteiger partial charge in [-0.15, -0.1) is 0 Å². The molecule has 6 heteroatoms. The van der Waals surface area contributed by atoms with Crippen molar-refractivity contribution in [2.45, 2.75) is 49.6 Å². The highest BCUT2D eigenvalue weighted by Gasteiger charge is 2.25. The van der Waals surface area contributed by atoms with Crippen LogP contribution in [0.2, 0.25) is 0 Å². The molecule has 0 aromatic heterocycles. The highest BCUT2D eigenvalue weighted by molar-refractivity contribution is 7.89. The van der Waals surface area contributed by atoms with E-state index >= 15 is 0 Å². The zero-order valence-electron chi connectivity index (χ0n) is 11.0. The largest absolute Gasteiger partial charge is 0.399 e. The molecule has 1 aromatic rings. The Morgan fingerprint density at radius 3 is 2.53 bits per heavy atom. The van der Waals surface area contributed by atoms with Gasteiger partial charge in [-0.3, -0.25) is 0 Å². The number of nitrogen functional groups attached to an aromatic ring is 1. The fourth-order valence-electron chi connectivity index (χ4n) is 2.38. The molecule has 0 amide bonds. The highest BCUT2D eigenvalue weighted by atomic mass is 32.2. The van der Waals surface area contributed by atoms with Crippen LogP contribution in [0.1, 0.15) is 31.2 Å². The van der Waals surface area contributed by atoms with Gasteiger partial charge in [0.15, 0.2) is 0 Å². The second-order valence-corrected chi connectivity index (χ2v) is 6.83. The van der Waals surface area contributed by atoms with Crippen LogP contribution in [0.5, 0.6) is 0 Å². The maximum Gasteiger partial charge on any atom is 0.241 e. The monoisotopic (exact) mass is 284 g/mol. The van der Waals surface area contributed by atoms with Crippen LogP contribution in [-0.4, -0.2) is 25.7 Å². The summed E-state index contributed by atoms with van der Waals surface area (Å²) in [5.41, 5.74) is 6.76. The molecule has 1 aliphatic carbocycles. The number of nitrogens with one attached hydrogen (secondary N) is 1. The van der Waals surface area contributed by atoms with Crippen molar-refractivity contribution in [1.29, 1.82) is 0 Å². The third-order valence-electron chi connectivity index (χ3n) is 3.52. The molecule has 0 aliphatic heterocycles. The summed E-state index contributed by atoms with van der Waals surface area (Å²) >= 11 is 0. The Morgan fingerprint density at radius 1 is 1.26 bits per heavy atom. The van der Waals surface area contributed by atoms with E-state index in [1.54, 1.807) is 19.1 Å². The number of aliphatic hydroxyl groups excluding tert-OH is 1. The fourth-order valence-corrected chi connectivity index (χ4v) is 3.97. The molecule has 1 fully saturated rings. The lowest BCUT2D eigenvalue weighted by Gasteiger charge is -2.26. The molecule has 19 heavy (non-hydrogen) atoms. The van der Waals surface area contributed by atoms with Crippen LogP contribution < -0.4 is 10.5 Å². The van der Waals surface area contributed by atoms with Crippen molar-refractivity contribution in [1.82, 2.24) is 4.72 Å². The van der Waals surface area contributed by atoms with Crippen molar-refractivity contribution in [3.8, 4) is 0 Å². The van der Waals surface area contributed by atoms with E-state index in [4.69, 9.17) is 5.73 Å². The van der Waals surface area contributed by atoms with Gasteiger partial charge >= 0.3 is 0 Å². The Labute approximate surface area is 113 Å². The molecule has 0 bridgehead atoms. The summed E-state index contributed by atoms with van der Waals surface area (Å²) in [6.45, 7) is 1.75. The van der Waals surface area contributed by atoms with Gasteiger partial charge in [-0.25, -0.2) is 13.1 Å². The summed E-state index contributed by atoms with van der Waals surface area (Å²) in [5.74, 6) is 0. The normalized spacial score (nSPS) is 24.3. The molecule has 0 spiro atoms. The van der Waals surface area contributed by atoms with E-state index in [2.05, 4.69) is 4.72 Å². The second-order valence-electron chi connectivity index (χ2n) is 5.15. The van der Waals surface area contributed by atoms with Gasteiger partial charge in [0.05, 0.1) is 11.0 Å². The van der Waals surface area contributed by atoms with Crippen LogP contribution in [0.4, 0.5) is 5.69 Å². The summed E-state index contributed by atoms with van der Waals surface area (Å²) in [6.07, 6.45) is 2.32. The van der Waals surface area contributed by atoms with E-state index in [1.807, 2.05) is 0 Å². The van der Waals surface area contributed by atoms with Crippen LogP contribution >= 0.6 is 0 Å². The van der Waals surface area contributed by atoms with Gasteiger partial charge in [-0.05, 0) is 50.3 Å². The van der Waals surface area contributed by atoms with E-state index in [-0.39, 0.29) is 17.0 Å². The first-order valence-corrected chi connectivity index (χ1v) is 7.93. The molecule has 0 unspecified atom stereocenters. The zero-order chi connectivity index (χ0) is 14.0. The Balaban J connectivity index is 2.16. The quantitative estimate of drug-likeness (QED) is 0.726. The minimum absolute atomic E-state index is 0.103. The van der Waals surface area contributed by atoms with Crippen molar-refractivity contribution in [3.05, 3.63) is 23.8 Å². The molecule has 1 saturated carbocycles. The summed E-state index contributed by atoms with van der Waals surface area (Å²) < 4.78 is 27.4. The summed E-state index contributed by atoms with van der Waals surface area (Å²) in [6, 6.07) is 4.77. The number of aryl methyl sites for hydroxylation is 1. The topological polar surface area (TPSA) is 92.4 Å². The number of benzene rings is 1. The van der Waals surface area contributed by atoms with Gasteiger partial charge in [0.1, 0.15) is 0 Å². The van der Waals surface area contributed by atoms with Crippen molar-refractivity contribution < 1.29 is 13.5 Å². The van der Waals surface area contributed by atoms with Crippen LogP contribution in [-0.2, 0) is 10.0 Å². The molecular formula is C13H20N2O3S. The Morgan fingerprint density at radius 2 is 1.89 bits per heavy atom. The van der Waals surface area contributed by atoms with Crippen LogP contribution in [0.15, 0.2) is 23.1 Å². The standard InChI is InChI=1S/C13H20N2O3S/c1-9-2-3-10(14)8-13(9)19(17,18)15-11-4-6-12(16)7-5-11/h2-3,8,11-12,15-16H,4-7,14H2,1H3. The number of anilines is 1. The molecule has 0 radical (unpaired) electrons. The maximum atomic E-state index is 12.3. The van der Waals surface area contributed by atoms with Gasteiger partial charge in [0, 0.05) is 11.7 Å². The maximum absolute atomic E-state index is 12.3. The number of hydrogen-bond donors (Lipinski definition) is 3. The van der Waals surface area contributed by atoms with E-state index in [0.29, 0.717) is 36.9 Å². The molecule has 0 heterocycles. The minimum atomic E-state index is -3.54. The minimum Gasteiger partial charge on any atom is -0.399 e. The van der Waals surface area contributed by atoms with E-state index < -0.39 is 10.0 Å². The molecule has 5 nitrogen and oxygen atoms in total. The smallest absolute Gasteiger partial charge is 0.241 e. The molecule has 4 N–H and O–H groups in total. The first-order chi connectivity index (χ1) is 8.88. The van der Waals surface area contributed by atoms with Gasteiger partial charge in [0.2, 0.25) is 10.0 Å². The SMILES string of the molecule is Cc1ccc(N)cc1S(=O)(=O)NC1CCC(O)CC1. The molecule has 0 atom stereocenters. The first-order valence-electron chi connectivity index (χ1n) is 6.45. The van der Waals surface area contributed by atoms with Crippen LogP contribution in [0.3, 0.4) is 0 Å². The summed E-state index contributed by atoms with van der Waals surface area (Å²) in [4.78, 5) is 0.235. The number of nitrogens with two attached hydrogens (primary N) is 1. The molecule has 106 valence electrons. The molecular weight excluding hydrogens is 264 g/mol. The van der Waals surface area contributed by atoms with Gasteiger partial charge in [-0.2, -0.15) is 0 Å². The van der Waals surface area contributed by atoms with Crippen molar-refractivity contribution in [2.75, 3.05) is 5.73 Å². The predicted octanol–water partition coefficient (Wildman–Crippen LogP) is 1.16. The average Bonchev–Trinajstić information content (AvgIpc) is 2.35. The lowest BCUT2D eigenvalue weighted by molar-refractivity contribution is 0.120. The van der Waals surface area contributed by atoms with Crippen molar-refractivity contribution in [2.24, 2.45) is 0 Å². The first kappa shape index (κ1) is 14.3. The van der Waals surface area contributed by atoms with Crippen molar-refractivity contribution in [3.63, 3.8) is 0 Å². The number of aliphatic hydroxyl groups is 1. The average molecular weight is 284 g/mol. The van der Waals surface area contributed by atoms with Gasteiger partial charge < -0.3 is 10.8 Å². The number of hydrogen-bond acceptors (Lipinski definition) is 4. The van der Waals surface area contributed by atoms with Gasteiger partial charge in [-0.1, -0.05) is 6.07 Å². The predicted molar refractivity (Wildman–Crippen MR) is 74.2 cm³/mol. The van der Waals surface area contributed by atoms with Crippen molar-refractivity contribution >= 4 is 15.7 Å². The zero-order valence-corrected chi connectivity index (χ0v) is 11.8. The Hall–Kier alpha value is -1.11. The lowest BCUT2D eigenvalue weighted by Crippen LogP contribution is -2.38. The third kappa shape index (κ3) is 3.46. The molecule has 2 rings (SSSR count). The second kappa shape index (κ2) is 5.48.